The zero-order valence-corrected chi connectivity index (χ0v) is 14.5. The molecular formula is C16H18N4O4S. The summed E-state index contributed by atoms with van der Waals surface area (Å²) in [5, 5.41) is 6.40. The van der Waals surface area contributed by atoms with Gasteiger partial charge in [-0.25, -0.2) is 18.4 Å². The summed E-state index contributed by atoms with van der Waals surface area (Å²) >= 11 is 0. The Bertz CT molecular complexity index is 916. The molecule has 132 valence electrons. The lowest BCUT2D eigenvalue weighted by atomic mass is 10.2. The van der Waals surface area contributed by atoms with Crippen molar-refractivity contribution in [3.63, 3.8) is 0 Å². The van der Waals surface area contributed by atoms with Crippen molar-refractivity contribution in [3.05, 3.63) is 30.1 Å². The van der Waals surface area contributed by atoms with E-state index in [2.05, 4.69) is 20.6 Å². The first kappa shape index (κ1) is 15.9. The molecule has 0 radical (unpaired) electrons. The summed E-state index contributed by atoms with van der Waals surface area (Å²) in [6.07, 6.45) is 0.594. The first-order chi connectivity index (χ1) is 12.0. The lowest BCUT2D eigenvalue weighted by Crippen LogP contribution is -2.21. The molecular weight excluding hydrogens is 344 g/mol. The van der Waals surface area contributed by atoms with E-state index in [1.165, 1.54) is 0 Å². The molecule has 8 nitrogen and oxygen atoms in total. The first-order valence-electron chi connectivity index (χ1n) is 7.96. The second-order valence-corrected chi connectivity index (χ2v) is 8.35. The van der Waals surface area contributed by atoms with Crippen molar-refractivity contribution in [2.45, 2.75) is 19.4 Å². The van der Waals surface area contributed by atoms with Crippen LogP contribution in [0.1, 0.15) is 12.2 Å². The molecule has 0 spiro atoms. The van der Waals surface area contributed by atoms with Crippen LogP contribution in [0, 0.1) is 6.92 Å². The van der Waals surface area contributed by atoms with Gasteiger partial charge in [-0.2, -0.15) is 0 Å². The molecule has 25 heavy (non-hydrogen) atoms. The minimum atomic E-state index is -2.94. The topological polar surface area (TPSA) is 102 Å². The van der Waals surface area contributed by atoms with Gasteiger partial charge in [0.2, 0.25) is 6.79 Å². The highest BCUT2D eigenvalue weighted by Crippen LogP contribution is 2.35. The number of aromatic nitrogens is 2. The van der Waals surface area contributed by atoms with Crippen molar-refractivity contribution in [1.82, 2.24) is 9.97 Å². The third-order valence-electron chi connectivity index (χ3n) is 4.07. The molecule has 2 aliphatic heterocycles. The molecule has 1 aromatic heterocycles. The van der Waals surface area contributed by atoms with Crippen LogP contribution in [0.5, 0.6) is 11.5 Å². The molecule has 9 heteroatoms. The van der Waals surface area contributed by atoms with Crippen molar-refractivity contribution >= 4 is 27.2 Å². The Morgan fingerprint density at radius 3 is 2.72 bits per heavy atom. The highest BCUT2D eigenvalue weighted by Gasteiger charge is 2.28. The predicted octanol–water partition coefficient (Wildman–Crippen LogP) is 1.86. The fourth-order valence-electron chi connectivity index (χ4n) is 2.95. The molecule has 0 saturated carbocycles. The molecule has 2 aromatic rings. The van der Waals surface area contributed by atoms with Crippen LogP contribution in [0.4, 0.5) is 17.3 Å². The van der Waals surface area contributed by atoms with Gasteiger partial charge in [0, 0.05) is 23.9 Å². The Hall–Kier alpha value is -2.55. The van der Waals surface area contributed by atoms with E-state index in [1.807, 2.05) is 18.2 Å². The number of fused-ring (bicyclic) bond motifs is 1. The molecule has 4 rings (SSSR count). The summed E-state index contributed by atoms with van der Waals surface area (Å²) in [5.41, 5.74) is 0.816. The number of hydrogen-bond acceptors (Lipinski definition) is 8. The van der Waals surface area contributed by atoms with Crippen molar-refractivity contribution in [3.8, 4) is 11.5 Å². The van der Waals surface area contributed by atoms with Crippen LogP contribution in [-0.4, -0.2) is 42.7 Å². The van der Waals surface area contributed by atoms with Crippen LogP contribution in [0.25, 0.3) is 0 Å². The fraction of sp³-hybridized carbons (Fsp3) is 0.375. The van der Waals surface area contributed by atoms with E-state index in [0.29, 0.717) is 35.4 Å². The minimum Gasteiger partial charge on any atom is -0.454 e. The van der Waals surface area contributed by atoms with E-state index < -0.39 is 9.84 Å². The number of sulfone groups is 1. The molecule has 1 aromatic carbocycles. The molecule has 0 amide bonds. The zero-order chi connectivity index (χ0) is 17.4. The summed E-state index contributed by atoms with van der Waals surface area (Å²) in [7, 11) is -2.94. The van der Waals surface area contributed by atoms with Crippen LogP contribution in [0.15, 0.2) is 24.3 Å². The third-order valence-corrected chi connectivity index (χ3v) is 5.84. The lowest BCUT2D eigenvalue weighted by molar-refractivity contribution is 0.174. The molecule has 1 fully saturated rings. The maximum absolute atomic E-state index is 11.6. The van der Waals surface area contributed by atoms with Gasteiger partial charge in [-0.15, -0.1) is 0 Å². The van der Waals surface area contributed by atoms with Crippen LogP contribution < -0.4 is 20.1 Å². The van der Waals surface area contributed by atoms with Gasteiger partial charge in [-0.1, -0.05) is 0 Å². The van der Waals surface area contributed by atoms with Crippen molar-refractivity contribution in [2.75, 3.05) is 28.9 Å². The molecule has 0 bridgehead atoms. The quantitative estimate of drug-likeness (QED) is 0.850. The summed E-state index contributed by atoms with van der Waals surface area (Å²) in [4.78, 5) is 8.72. The van der Waals surface area contributed by atoms with Crippen molar-refractivity contribution in [2.24, 2.45) is 0 Å². The second kappa shape index (κ2) is 6.07. The maximum atomic E-state index is 11.6. The number of ether oxygens (including phenoxy) is 2. The van der Waals surface area contributed by atoms with E-state index in [9.17, 15) is 8.42 Å². The fourth-order valence-corrected chi connectivity index (χ4v) is 4.62. The summed E-state index contributed by atoms with van der Waals surface area (Å²) < 4.78 is 33.9. The number of rotatable bonds is 4. The number of benzene rings is 1. The Kier molecular flexibility index (Phi) is 3.87. The van der Waals surface area contributed by atoms with Gasteiger partial charge < -0.3 is 20.1 Å². The number of anilines is 3. The van der Waals surface area contributed by atoms with Gasteiger partial charge in [0.1, 0.15) is 17.5 Å². The minimum absolute atomic E-state index is 0.113. The van der Waals surface area contributed by atoms with Gasteiger partial charge in [0.25, 0.3) is 0 Å². The zero-order valence-electron chi connectivity index (χ0n) is 13.7. The largest absolute Gasteiger partial charge is 0.454 e. The molecule has 1 atom stereocenters. The Morgan fingerprint density at radius 2 is 1.92 bits per heavy atom. The second-order valence-electron chi connectivity index (χ2n) is 6.12. The van der Waals surface area contributed by atoms with E-state index in [1.54, 1.807) is 13.0 Å². The van der Waals surface area contributed by atoms with Crippen LogP contribution in [0.3, 0.4) is 0 Å². The highest BCUT2D eigenvalue weighted by atomic mass is 32.2. The highest BCUT2D eigenvalue weighted by molar-refractivity contribution is 7.91. The van der Waals surface area contributed by atoms with Crippen molar-refractivity contribution < 1.29 is 17.9 Å². The number of aryl methyl sites for hydroxylation is 1. The molecule has 2 aliphatic rings. The molecule has 3 heterocycles. The van der Waals surface area contributed by atoms with E-state index in [-0.39, 0.29) is 24.3 Å². The molecule has 0 aliphatic carbocycles. The summed E-state index contributed by atoms with van der Waals surface area (Å²) in [5.74, 6) is 3.58. The van der Waals surface area contributed by atoms with Crippen LogP contribution in [0.2, 0.25) is 0 Å². The van der Waals surface area contributed by atoms with Crippen LogP contribution in [-0.2, 0) is 9.84 Å². The number of nitrogens with one attached hydrogen (secondary N) is 2. The van der Waals surface area contributed by atoms with Gasteiger partial charge in [0.05, 0.1) is 11.5 Å². The standard InChI is InChI=1S/C16H18N4O4S/c1-10-17-15(19-11-2-3-13-14(6-11)24-9-23-13)7-16(18-10)20-12-4-5-25(21,22)8-12/h2-3,6-7,12H,4-5,8-9H2,1H3,(H2,17,18,19,20). The first-order valence-corrected chi connectivity index (χ1v) is 9.78. The molecule has 1 unspecified atom stereocenters. The average Bonchev–Trinajstić information content (AvgIpc) is 3.12. The Morgan fingerprint density at radius 1 is 1.12 bits per heavy atom. The monoisotopic (exact) mass is 362 g/mol. The normalized spacial score (nSPS) is 20.4. The van der Waals surface area contributed by atoms with Crippen molar-refractivity contribution in [1.29, 1.82) is 0 Å². The van der Waals surface area contributed by atoms with E-state index in [4.69, 9.17) is 9.47 Å². The van der Waals surface area contributed by atoms with E-state index in [0.717, 1.165) is 5.69 Å². The average molecular weight is 362 g/mol. The number of nitrogens with zero attached hydrogens (tertiary/aromatic N) is 2. The van der Waals surface area contributed by atoms with Gasteiger partial charge >= 0.3 is 0 Å². The predicted molar refractivity (Wildman–Crippen MR) is 93.3 cm³/mol. The molecule has 1 saturated heterocycles. The summed E-state index contributed by atoms with van der Waals surface area (Å²) in [6, 6.07) is 7.21. The molecule has 2 N–H and O–H groups in total. The lowest BCUT2D eigenvalue weighted by Gasteiger charge is -2.14. The Labute approximate surface area is 145 Å². The third kappa shape index (κ3) is 3.60. The van der Waals surface area contributed by atoms with E-state index >= 15 is 0 Å². The van der Waals surface area contributed by atoms with Gasteiger partial charge in [0.15, 0.2) is 21.3 Å². The SMILES string of the molecule is Cc1nc(Nc2ccc3c(c2)OCO3)cc(NC2CCS(=O)(=O)C2)n1. The smallest absolute Gasteiger partial charge is 0.231 e. The van der Waals surface area contributed by atoms with Crippen LogP contribution >= 0.6 is 0 Å². The van der Waals surface area contributed by atoms with Gasteiger partial charge in [-0.3, -0.25) is 0 Å². The summed E-state index contributed by atoms with van der Waals surface area (Å²) in [6.45, 7) is 2.02. The van der Waals surface area contributed by atoms with Gasteiger partial charge in [-0.05, 0) is 25.5 Å². The number of hydrogen-bond donors (Lipinski definition) is 2. The Balaban J connectivity index is 1.51. The maximum Gasteiger partial charge on any atom is 0.231 e.